The van der Waals surface area contributed by atoms with Crippen molar-refractivity contribution >= 4 is 33.3 Å². The van der Waals surface area contributed by atoms with Crippen LogP contribution in [0.25, 0.3) is 0 Å². The number of rotatable bonds is 3. The van der Waals surface area contributed by atoms with E-state index in [1.807, 2.05) is 5.38 Å². The fraction of sp³-hybridized carbons (Fsp3) is 0.375. The second kappa shape index (κ2) is 5.53. The molecule has 8 heteroatoms. The lowest BCUT2D eigenvalue weighted by Gasteiger charge is -2.08. The van der Waals surface area contributed by atoms with Crippen molar-refractivity contribution in [1.82, 2.24) is 10.6 Å². The first-order valence-corrected chi connectivity index (χ1v) is 5.85. The fourth-order valence-electron chi connectivity index (χ4n) is 0.857. The van der Waals surface area contributed by atoms with Crippen LogP contribution in [0, 0.1) is 0 Å². The summed E-state index contributed by atoms with van der Waals surface area (Å²) in [6.45, 7) is -1.12. The van der Waals surface area contributed by atoms with Crippen molar-refractivity contribution in [3.63, 3.8) is 0 Å². The van der Waals surface area contributed by atoms with Crippen LogP contribution in [0.4, 0.5) is 18.0 Å². The molecule has 2 amide bonds. The summed E-state index contributed by atoms with van der Waals surface area (Å²) in [7, 11) is 0. The summed E-state index contributed by atoms with van der Waals surface area (Å²) in [5.74, 6) is 0. The van der Waals surface area contributed by atoms with Crippen LogP contribution >= 0.6 is 27.3 Å². The first-order valence-electron chi connectivity index (χ1n) is 4.18. The molecule has 1 aromatic heterocycles. The van der Waals surface area contributed by atoms with Gasteiger partial charge < -0.3 is 10.6 Å². The molecule has 0 radical (unpaired) electrons. The van der Waals surface area contributed by atoms with Crippen LogP contribution in [0.2, 0.25) is 0 Å². The van der Waals surface area contributed by atoms with E-state index in [9.17, 15) is 18.0 Å². The molecule has 0 saturated carbocycles. The molecule has 0 fully saturated rings. The smallest absolute Gasteiger partial charge is 0.333 e. The fourth-order valence-corrected chi connectivity index (χ4v) is 2.25. The summed E-state index contributed by atoms with van der Waals surface area (Å²) in [4.78, 5) is 11.8. The van der Waals surface area contributed by atoms with Gasteiger partial charge in [0.25, 0.3) is 0 Å². The summed E-state index contributed by atoms with van der Waals surface area (Å²) in [6.07, 6.45) is -4.39. The van der Waals surface area contributed by atoms with Gasteiger partial charge in [0.05, 0.1) is 6.54 Å². The lowest BCUT2D eigenvalue weighted by Crippen LogP contribution is -2.40. The van der Waals surface area contributed by atoms with Crippen LogP contribution in [0.1, 0.15) is 4.88 Å². The molecule has 0 aliphatic heterocycles. The minimum absolute atomic E-state index is 0.208. The van der Waals surface area contributed by atoms with Gasteiger partial charge in [-0.25, -0.2) is 4.79 Å². The standard InChI is InChI=1S/C8H8BrF3N2OS/c9-5-1-6(16-3-5)2-13-7(15)14-4-8(10,11)12/h1,3H,2,4H2,(H2,13,14,15). The van der Waals surface area contributed by atoms with Crippen LogP contribution in [0.3, 0.4) is 0 Å². The molecule has 0 spiro atoms. The minimum atomic E-state index is -4.39. The van der Waals surface area contributed by atoms with Gasteiger partial charge in [0.2, 0.25) is 0 Å². The lowest BCUT2D eigenvalue weighted by atomic mass is 10.5. The van der Waals surface area contributed by atoms with E-state index < -0.39 is 18.8 Å². The Kier molecular flexibility index (Phi) is 4.60. The van der Waals surface area contributed by atoms with E-state index in [1.54, 1.807) is 11.4 Å². The monoisotopic (exact) mass is 316 g/mol. The molecule has 1 heterocycles. The summed E-state index contributed by atoms with van der Waals surface area (Å²) in [5.41, 5.74) is 0. The maximum atomic E-state index is 11.7. The van der Waals surface area contributed by atoms with E-state index >= 15 is 0 Å². The average molecular weight is 317 g/mol. The van der Waals surface area contributed by atoms with Crippen molar-refractivity contribution in [2.24, 2.45) is 0 Å². The molecule has 2 N–H and O–H groups in total. The molecule has 1 rings (SSSR count). The molecule has 0 aromatic carbocycles. The van der Waals surface area contributed by atoms with Gasteiger partial charge in [-0.3, -0.25) is 0 Å². The van der Waals surface area contributed by atoms with Crippen molar-refractivity contribution in [3.05, 3.63) is 20.8 Å². The Morgan fingerprint density at radius 3 is 2.62 bits per heavy atom. The third-order valence-electron chi connectivity index (χ3n) is 1.49. The highest BCUT2D eigenvalue weighted by Crippen LogP contribution is 2.19. The molecule has 16 heavy (non-hydrogen) atoms. The third kappa shape index (κ3) is 5.36. The Labute approximate surface area is 102 Å². The number of hydrogen-bond donors (Lipinski definition) is 2. The number of thiophene rings is 1. The highest BCUT2D eigenvalue weighted by Gasteiger charge is 2.27. The van der Waals surface area contributed by atoms with E-state index in [0.29, 0.717) is 0 Å². The number of nitrogens with one attached hydrogen (secondary N) is 2. The van der Waals surface area contributed by atoms with Crippen LogP contribution in [0.15, 0.2) is 15.9 Å². The van der Waals surface area contributed by atoms with Crippen LogP contribution in [-0.4, -0.2) is 18.8 Å². The topological polar surface area (TPSA) is 41.1 Å². The molecular weight excluding hydrogens is 309 g/mol. The summed E-state index contributed by atoms with van der Waals surface area (Å²) in [5, 5.41) is 5.87. The van der Waals surface area contributed by atoms with Gasteiger partial charge in [-0.05, 0) is 22.0 Å². The maximum Gasteiger partial charge on any atom is 0.405 e. The zero-order valence-electron chi connectivity index (χ0n) is 7.90. The first-order chi connectivity index (χ1) is 7.37. The second-order valence-corrected chi connectivity index (χ2v) is 4.79. The zero-order chi connectivity index (χ0) is 12.2. The quantitative estimate of drug-likeness (QED) is 0.884. The lowest BCUT2D eigenvalue weighted by molar-refractivity contribution is -0.122. The summed E-state index contributed by atoms with van der Waals surface area (Å²) >= 11 is 4.63. The van der Waals surface area contributed by atoms with Crippen molar-refractivity contribution in [3.8, 4) is 0 Å². The molecule has 1 aromatic rings. The number of carbonyl (C=O) groups excluding carboxylic acids is 1. The Bertz CT molecular complexity index is 366. The van der Waals surface area contributed by atoms with Gasteiger partial charge in [-0.2, -0.15) is 13.2 Å². The van der Waals surface area contributed by atoms with Gasteiger partial charge >= 0.3 is 12.2 Å². The predicted molar refractivity (Wildman–Crippen MR) is 58.3 cm³/mol. The molecule has 90 valence electrons. The number of urea groups is 1. The van der Waals surface area contributed by atoms with E-state index in [-0.39, 0.29) is 6.54 Å². The Morgan fingerprint density at radius 2 is 2.12 bits per heavy atom. The van der Waals surface area contributed by atoms with Gasteiger partial charge in [0.15, 0.2) is 0 Å². The van der Waals surface area contributed by atoms with Crippen molar-refractivity contribution in [2.75, 3.05) is 6.54 Å². The van der Waals surface area contributed by atoms with E-state index in [1.165, 1.54) is 11.3 Å². The van der Waals surface area contributed by atoms with E-state index in [4.69, 9.17) is 0 Å². The van der Waals surface area contributed by atoms with Crippen LogP contribution in [-0.2, 0) is 6.54 Å². The van der Waals surface area contributed by atoms with Gasteiger partial charge in [-0.1, -0.05) is 0 Å². The van der Waals surface area contributed by atoms with Crippen LogP contribution < -0.4 is 10.6 Å². The van der Waals surface area contributed by atoms with Gasteiger partial charge in [0.1, 0.15) is 6.54 Å². The Balaban J connectivity index is 2.25. The number of amides is 2. The Hall–Kier alpha value is -0.760. The molecule has 0 bridgehead atoms. The van der Waals surface area contributed by atoms with Gasteiger partial charge in [0, 0.05) is 14.7 Å². The van der Waals surface area contributed by atoms with Crippen LogP contribution in [0.5, 0.6) is 0 Å². The minimum Gasteiger partial charge on any atom is -0.333 e. The molecule has 0 aliphatic carbocycles. The number of carbonyl (C=O) groups is 1. The predicted octanol–water partition coefficient (Wildman–Crippen LogP) is 2.87. The van der Waals surface area contributed by atoms with Crippen molar-refractivity contribution in [1.29, 1.82) is 0 Å². The normalized spacial score (nSPS) is 11.2. The highest BCUT2D eigenvalue weighted by atomic mass is 79.9. The first kappa shape index (κ1) is 13.3. The molecule has 0 atom stereocenters. The molecule has 3 nitrogen and oxygen atoms in total. The van der Waals surface area contributed by atoms with E-state index in [2.05, 4.69) is 21.2 Å². The molecule has 0 unspecified atom stereocenters. The average Bonchev–Trinajstić information content (AvgIpc) is 2.57. The molecular formula is C8H8BrF3N2OS. The third-order valence-corrected chi connectivity index (χ3v) is 3.19. The summed E-state index contributed by atoms with van der Waals surface area (Å²) in [6, 6.07) is 0.955. The number of hydrogen-bond acceptors (Lipinski definition) is 2. The largest absolute Gasteiger partial charge is 0.405 e. The van der Waals surface area contributed by atoms with E-state index in [0.717, 1.165) is 9.35 Å². The van der Waals surface area contributed by atoms with Crippen molar-refractivity contribution in [2.45, 2.75) is 12.7 Å². The molecule has 0 aliphatic rings. The highest BCUT2D eigenvalue weighted by molar-refractivity contribution is 9.10. The maximum absolute atomic E-state index is 11.7. The molecule has 0 saturated heterocycles. The van der Waals surface area contributed by atoms with Gasteiger partial charge in [-0.15, -0.1) is 11.3 Å². The van der Waals surface area contributed by atoms with Crippen molar-refractivity contribution < 1.29 is 18.0 Å². The zero-order valence-corrected chi connectivity index (χ0v) is 10.3. The summed E-state index contributed by atoms with van der Waals surface area (Å²) < 4.78 is 36.1. The number of alkyl halides is 3. The number of halogens is 4. The SMILES string of the molecule is O=C(NCc1cc(Br)cs1)NCC(F)(F)F. The Morgan fingerprint density at radius 1 is 1.44 bits per heavy atom. The second-order valence-electron chi connectivity index (χ2n) is 2.88.